The number of hydrogen-bond acceptors (Lipinski definition) is 46. The lowest BCUT2D eigenvalue weighted by Gasteiger charge is -2.52. The fourth-order valence-electron chi connectivity index (χ4n) is 14.1. The standard InChI is InChI=1S/C75H105NO46/c1-27(2)53-61(105-39(14)87)63(107-41(16)89)58(47(113-53)22-95-30(5)78)118-73-68(111-45(20)93)65(109-43(18)91)59(51(117-73)26-99-34(9)82)119-74-69(112-46(21)94)66(57(104-38(13)86)50(115-74)25-98-33(8)81)121-71-52(76-29(4)77)60(55(102-36(11)84)48(114-71)23-96-31(6)79)120-75-70(64(108-42(17)90)56(103-37(12)85)49(116-75)24-97-32(7)80)122-72-67(110-44(19)92)62(106-40(15)88)54(28(3)100-72)101-35(10)83/h27-28,47-75H,22-26H2,1-21H3,(H,76,77)/t28?,47?,48?,49?,50?,51?,52?,53-,54-,55-,56-,57-,58-,59-,60+,61?,62?,63-,64-,65-,66-,67-,68?,69?,70?,71-,72-,73-,74-,75-/m0/s1. The number of nitrogens with one attached hydrogen (secondary N) is 1. The highest BCUT2D eigenvalue weighted by Gasteiger charge is 2.64. The van der Waals surface area contributed by atoms with E-state index in [2.05, 4.69) is 5.32 Å². The minimum Gasteiger partial charge on any atom is -0.463 e. The zero-order valence-corrected chi connectivity index (χ0v) is 70.7. The van der Waals surface area contributed by atoms with Gasteiger partial charge in [0.15, 0.2) is 111 Å². The van der Waals surface area contributed by atoms with Gasteiger partial charge in [-0.1, -0.05) is 13.8 Å². The quantitative estimate of drug-likeness (QED) is 0.0565. The maximum Gasteiger partial charge on any atom is 0.303 e. The second-order valence-corrected chi connectivity index (χ2v) is 28.9. The molecule has 6 rings (SSSR count). The van der Waals surface area contributed by atoms with Gasteiger partial charge in [0.05, 0.1) is 6.10 Å². The minimum atomic E-state index is -2.43. The average Bonchev–Trinajstić information content (AvgIpc) is 0.754. The van der Waals surface area contributed by atoms with E-state index in [9.17, 15) is 86.3 Å². The maximum absolute atomic E-state index is 14.2. The first-order valence-corrected chi connectivity index (χ1v) is 38.2. The summed E-state index contributed by atoms with van der Waals surface area (Å²) in [6, 6.07) is -2.19. The highest BCUT2D eigenvalue weighted by atomic mass is 16.8. The van der Waals surface area contributed by atoms with Crippen LogP contribution in [0, 0.1) is 5.92 Å². The van der Waals surface area contributed by atoms with Gasteiger partial charge in [0.2, 0.25) is 5.91 Å². The van der Waals surface area contributed by atoms with Gasteiger partial charge in [0.1, 0.15) is 100 Å². The van der Waals surface area contributed by atoms with Crippen molar-refractivity contribution in [2.75, 3.05) is 33.0 Å². The predicted molar refractivity (Wildman–Crippen MR) is 384 cm³/mol. The van der Waals surface area contributed by atoms with E-state index in [0.717, 1.165) is 125 Å². The van der Waals surface area contributed by atoms with Gasteiger partial charge in [0.25, 0.3) is 0 Å². The minimum absolute atomic E-state index is 0.569. The highest BCUT2D eigenvalue weighted by Crippen LogP contribution is 2.43. The van der Waals surface area contributed by atoms with Crippen molar-refractivity contribution in [3.05, 3.63) is 0 Å². The van der Waals surface area contributed by atoms with Crippen LogP contribution in [0.1, 0.15) is 145 Å². The third-order valence-electron chi connectivity index (χ3n) is 18.2. The number of ether oxygens (including phenoxy) is 28. The molecule has 122 heavy (non-hydrogen) atoms. The van der Waals surface area contributed by atoms with Gasteiger partial charge in [-0.05, 0) is 12.8 Å². The van der Waals surface area contributed by atoms with Gasteiger partial charge in [0, 0.05) is 125 Å². The Balaban J connectivity index is 1.66. The Morgan fingerprint density at radius 1 is 0.230 bits per heavy atom. The summed E-state index contributed by atoms with van der Waals surface area (Å²) in [5, 5.41) is 2.56. The Morgan fingerprint density at radius 2 is 0.451 bits per heavy atom. The summed E-state index contributed by atoms with van der Waals surface area (Å²) >= 11 is 0. The molecule has 12 unspecified atom stereocenters. The van der Waals surface area contributed by atoms with E-state index < -0.39 is 330 Å². The molecule has 0 aromatic carbocycles. The molecule has 6 heterocycles. The fourth-order valence-corrected chi connectivity index (χ4v) is 14.1. The van der Waals surface area contributed by atoms with Crippen LogP contribution in [-0.4, -0.2) is 324 Å². The van der Waals surface area contributed by atoms with E-state index >= 15 is 0 Å². The average molecular weight is 1760 g/mol. The smallest absolute Gasteiger partial charge is 0.303 e. The van der Waals surface area contributed by atoms with Gasteiger partial charge >= 0.3 is 101 Å². The molecule has 686 valence electrons. The van der Waals surface area contributed by atoms with E-state index in [1.807, 2.05) is 0 Å². The molecule has 6 fully saturated rings. The molecule has 0 aromatic heterocycles. The second kappa shape index (κ2) is 45.9. The third kappa shape index (κ3) is 29.4. The Morgan fingerprint density at radius 3 is 0.787 bits per heavy atom. The van der Waals surface area contributed by atoms with Crippen LogP contribution in [0.25, 0.3) is 0 Å². The molecule has 47 nitrogen and oxygen atoms in total. The molecule has 0 aliphatic carbocycles. The van der Waals surface area contributed by atoms with Gasteiger partial charge in [-0.3, -0.25) is 86.3 Å². The number of carbonyl (C=O) groups is 18. The first-order valence-electron chi connectivity index (χ1n) is 38.2. The molecule has 0 radical (unpaired) electrons. The van der Waals surface area contributed by atoms with Crippen molar-refractivity contribution in [2.24, 2.45) is 5.92 Å². The van der Waals surface area contributed by atoms with Crippen LogP contribution in [0.15, 0.2) is 0 Å². The maximum atomic E-state index is 14.2. The normalized spacial score (nSPS) is 33.6. The van der Waals surface area contributed by atoms with Crippen LogP contribution in [0.5, 0.6) is 0 Å². The molecule has 0 saturated carbocycles. The third-order valence-corrected chi connectivity index (χ3v) is 18.2. The Bertz CT molecular complexity index is 3750. The first-order chi connectivity index (χ1) is 57.0. The molecule has 0 spiro atoms. The van der Waals surface area contributed by atoms with Crippen molar-refractivity contribution in [3.8, 4) is 0 Å². The molecule has 1 N–H and O–H groups in total. The largest absolute Gasteiger partial charge is 0.463 e. The zero-order valence-electron chi connectivity index (χ0n) is 70.7. The fraction of sp³-hybridized carbons (Fsp3) is 0.760. The van der Waals surface area contributed by atoms with E-state index in [1.165, 1.54) is 6.92 Å². The van der Waals surface area contributed by atoms with Crippen LogP contribution >= 0.6 is 0 Å². The highest BCUT2D eigenvalue weighted by molar-refractivity contribution is 5.74. The summed E-state index contributed by atoms with van der Waals surface area (Å²) in [6.07, 6.45) is -58.4. The van der Waals surface area contributed by atoms with Crippen LogP contribution < -0.4 is 5.32 Å². The molecule has 6 saturated heterocycles. The van der Waals surface area contributed by atoms with Gasteiger partial charge in [-0.2, -0.15) is 0 Å². The molecule has 6 aliphatic rings. The Labute approximate surface area is 697 Å². The second-order valence-electron chi connectivity index (χ2n) is 28.9. The van der Waals surface area contributed by atoms with Crippen LogP contribution in [0.3, 0.4) is 0 Å². The summed E-state index contributed by atoms with van der Waals surface area (Å²) < 4.78 is 170. The monoisotopic (exact) mass is 1760 g/mol. The van der Waals surface area contributed by atoms with Gasteiger partial charge < -0.3 is 138 Å². The van der Waals surface area contributed by atoms with E-state index in [1.54, 1.807) is 13.8 Å². The number of amides is 1. The summed E-state index contributed by atoms with van der Waals surface area (Å²) in [4.78, 5) is 239. The lowest BCUT2D eigenvalue weighted by Crippen LogP contribution is -2.72. The molecule has 0 aromatic rings. The first kappa shape index (κ1) is 101. The van der Waals surface area contributed by atoms with Crippen LogP contribution in [-0.2, 0) is 219 Å². The summed E-state index contributed by atoms with van der Waals surface area (Å²) in [5.74, 6) is -20.1. The lowest BCUT2D eigenvalue weighted by atomic mass is 9.88. The van der Waals surface area contributed by atoms with Crippen molar-refractivity contribution >= 4 is 107 Å². The van der Waals surface area contributed by atoms with Gasteiger partial charge in [-0.15, -0.1) is 0 Å². The summed E-state index contributed by atoms with van der Waals surface area (Å²) in [7, 11) is 0. The molecular formula is C75H105NO46. The number of rotatable bonds is 34. The summed E-state index contributed by atoms with van der Waals surface area (Å²) in [5.41, 5.74) is 0. The predicted octanol–water partition coefficient (Wildman–Crippen LogP) is -1.52. The number of esters is 17. The van der Waals surface area contributed by atoms with Crippen LogP contribution in [0.2, 0.25) is 0 Å². The molecule has 6 aliphatic heterocycles. The topological polar surface area (TPSA) is 578 Å². The molecular weight excluding hydrogens is 1650 g/mol. The van der Waals surface area contributed by atoms with Crippen molar-refractivity contribution < 1.29 is 219 Å². The van der Waals surface area contributed by atoms with Crippen molar-refractivity contribution in [3.63, 3.8) is 0 Å². The molecule has 0 bridgehead atoms. The van der Waals surface area contributed by atoms with Crippen molar-refractivity contribution in [1.29, 1.82) is 0 Å². The number of hydrogen-bond donors (Lipinski definition) is 1. The molecule has 30 atom stereocenters. The molecule has 1 amide bonds. The van der Waals surface area contributed by atoms with Crippen molar-refractivity contribution in [1.82, 2.24) is 5.32 Å². The Kier molecular flexibility index (Phi) is 38.0. The molecule has 47 heteroatoms. The number of carbonyl (C=O) groups excluding carboxylic acids is 18. The van der Waals surface area contributed by atoms with E-state index in [-0.39, 0.29) is 0 Å². The van der Waals surface area contributed by atoms with Crippen LogP contribution in [0.4, 0.5) is 0 Å². The van der Waals surface area contributed by atoms with E-state index in [0.29, 0.717) is 0 Å². The summed E-state index contributed by atoms with van der Waals surface area (Å²) in [6.45, 7) is 16.6. The van der Waals surface area contributed by atoms with Gasteiger partial charge in [-0.25, -0.2) is 0 Å². The zero-order chi connectivity index (χ0) is 91.3. The SMILES string of the molecule is CC(=O)NC1[C@H](O[C@@H]2C(OC(C)=O)[C@H](O[C@H]3C(COC(C)=O)O[C@@H](O[C@H]4C(COC(C)=O)O[C@@H](C(C)C)C(OC(C)=O)[C@H]4OC(C)=O)C(OC(C)=O)[C@H]3OC(C)=O)OC(COC(C)=O)[C@@H]2OC(C)=O)OC(COC(C)=O)[C@H](OC(C)=O)[C@@H]1O[C@@H]1OC(COC(C)=O)[C@H](OC(C)=O)[C@H](OC(C)=O)C1O[C@@H]1OC(C)[C@H](OC(C)=O)C(OC(C)=O)[C@@H]1OC(C)=O. The van der Waals surface area contributed by atoms with Crippen molar-refractivity contribution in [2.45, 2.75) is 329 Å². The Hall–Kier alpha value is -9.98. The van der Waals surface area contributed by atoms with E-state index in [4.69, 9.17) is 133 Å². The lowest BCUT2D eigenvalue weighted by molar-refractivity contribution is -0.392.